The van der Waals surface area contributed by atoms with Crippen LogP contribution in [0.5, 0.6) is 5.75 Å². The van der Waals surface area contributed by atoms with Crippen LogP contribution in [0.4, 0.5) is 0 Å². The Morgan fingerprint density at radius 2 is 1.34 bits per heavy atom. The molecule has 1 aromatic rings. The van der Waals surface area contributed by atoms with Crippen LogP contribution in [0.1, 0.15) is 72.9 Å². The molecule has 3 fully saturated rings. The first-order valence-corrected chi connectivity index (χ1v) is 16.4. The van der Waals surface area contributed by atoms with Gasteiger partial charge in [-0.15, -0.1) is 0 Å². The Hall–Kier alpha value is -1.67. The fourth-order valence-corrected chi connectivity index (χ4v) is 4.71. The summed E-state index contributed by atoms with van der Waals surface area (Å²) in [6.45, 7) is 33.5. The number of likely N-dealkylation sites (N-methyl/N-ethyl adjacent to an activating group) is 2. The van der Waals surface area contributed by atoms with Crippen molar-refractivity contribution in [3.05, 3.63) is 29.3 Å². The van der Waals surface area contributed by atoms with E-state index >= 15 is 0 Å². The maximum Gasteiger partial charge on any atom is 0.260 e. The summed E-state index contributed by atoms with van der Waals surface area (Å²) in [5, 5.41) is 0. The van der Waals surface area contributed by atoms with E-state index in [2.05, 4.69) is 61.4 Å². The first-order valence-electron chi connectivity index (χ1n) is 16.4. The minimum atomic E-state index is 0.0778. The summed E-state index contributed by atoms with van der Waals surface area (Å²) in [6.07, 6.45) is 1.25. The molecule has 240 valence electrons. The second-order valence-corrected chi connectivity index (χ2v) is 11.4. The van der Waals surface area contributed by atoms with Gasteiger partial charge in [0.2, 0.25) is 0 Å². The van der Waals surface area contributed by atoms with Crippen molar-refractivity contribution >= 4 is 5.91 Å². The van der Waals surface area contributed by atoms with E-state index in [1.54, 1.807) is 0 Å². The molecule has 3 aliphatic rings. The van der Waals surface area contributed by atoms with Crippen LogP contribution >= 0.6 is 0 Å². The Kier molecular flexibility index (Phi) is 21.9. The minimum absolute atomic E-state index is 0.0778. The van der Waals surface area contributed by atoms with E-state index in [1.807, 2.05) is 64.6 Å². The van der Waals surface area contributed by atoms with Gasteiger partial charge in [0, 0.05) is 78.0 Å². The van der Waals surface area contributed by atoms with Gasteiger partial charge in [-0.05, 0) is 64.9 Å². The first-order chi connectivity index (χ1) is 19.6. The number of benzene rings is 1. The van der Waals surface area contributed by atoms with Gasteiger partial charge >= 0.3 is 0 Å². The molecule has 1 amide bonds. The smallest absolute Gasteiger partial charge is 0.260 e. The van der Waals surface area contributed by atoms with E-state index in [0.29, 0.717) is 0 Å². The Bertz CT molecular complexity index is 781. The number of piperazine rings is 2. The molecule has 7 nitrogen and oxygen atoms in total. The van der Waals surface area contributed by atoms with Crippen molar-refractivity contribution in [2.24, 2.45) is 5.92 Å². The topological polar surface area (TPSA) is 42.5 Å². The lowest BCUT2D eigenvalue weighted by Crippen LogP contribution is -2.56. The Morgan fingerprint density at radius 3 is 1.83 bits per heavy atom. The van der Waals surface area contributed by atoms with Crippen LogP contribution in [0.25, 0.3) is 0 Å². The highest BCUT2D eigenvalue weighted by atomic mass is 16.5. The second kappa shape index (κ2) is 22.9. The monoisotopic (exact) mass is 578 g/mol. The minimum Gasteiger partial charge on any atom is -0.483 e. The van der Waals surface area contributed by atoms with E-state index in [1.165, 1.54) is 57.8 Å². The molecule has 0 N–H and O–H groups in total. The number of hydrogen-bond acceptors (Lipinski definition) is 6. The highest BCUT2D eigenvalue weighted by Gasteiger charge is 2.30. The summed E-state index contributed by atoms with van der Waals surface area (Å²) in [7, 11) is 4.30. The van der Waals surface area contributed by atoms with Crippen molar-refractivity contribution in [1.29, 1.82) is 0 Å². The molecule has 0 unspecified atom stereocenters. The van der Waals surface area contributed by atoms with Crippen molar-refractivity contribution < 1.29 is 9.53 Å². The molecular formula is C34H67N5O2. The fraction of sp³-hybridized carbons (Fsp3) is 0.794. The number of carbonyl (C=O) groups is 1. The van der Waals surface area contributed by atoms with Crippen LogP contribution in [0.2, 0.25) is 0 Å². The molecule has 0 atom stereocenters. The molecule has 1 aromatic carbocycles. The fourth-order valence-electron chi connectivity index (χ4n) is 4.71. The number of rotatable bonds is 6. The predicted octanol–water partition coefficient (Wildman–Crippen LogP) is 5.50. The standard InChI is InChI=1S/C15H22N2O2.C12H25N3.C3H8.2C2H6/c1-12-5-4-6-14(13(12)2)19-11-15(18)17-9-7-16(3)8-10-17;1-11(2)15-9-12(10-15)8-14-6-4-13(3)5-7-14;1-3-2;2*1-2/h4-6H,7-11H2,1-3H3;11-12H,4-10H2,1-3H3;3H2,1-2H3;2*1-2H3. The SMILES string of the molecule is CC.CC.CC(C)N1CC(CN2CCN(C)CC2)C1.CCC.Cc1cccc(OCC(=O)N2CCN(C)CC2)c1C. The highest BCUT2D eigenvalue weighted by molar-refractivity contribution is 5.78. The van der Waals surface area contributed by atoms with Gasteiger partial charge in [-0.2, -0.15) is 0 Å². The third kappa shape index (κ3) is 15.4. The maximum absolute atomic E-state index is 12.1. The average molecular weight is 578 g/mol. The summed E-state index contributed by atoms with van der Waals surface area (Å²) in [5.41, 5.74) is 2.29. The number of carbonyl (C=O) groups excluding carboxylic acids is 1. The van der Waals surface area contributed by atoms with Crippen LogP contribution in [-0.2, 0) is 4.79 Å². The van der Waals surface area contributed by atoms with Gasteiger partial charge in [-0.1, -0.05) is 60.1 Å². The second-order valence-electron chi connectivity index (χ2n) is 11.4. The van der Waals surface area contributed by atoms with E-state index < -0.39 is 0 Å². The third-order valence-corrected chi connectivity index (χ3v) is 7.59. The van der Waals surface area contributed by atoms with Gasteiger partial charge in [-0.25, -0.2) is 0 Å². The van der Waals surface area contributed by atoms with E-state index in [9.17, 15) is 4.79 Å². The zero-order valence-electron chi connectivity index (χ0n) is 29.1. The van der Waals surface area contributed by atoms with Crippen LogP contribution < -0.4 is 4.74 Å². The molecule has 3 saturated heterocycles. The van der Waals surface area contributed by atoms with Gasteiger partial charge in [0.05, 0.1) is 0 Å². The van der Waals surface area contributed by atoms with Gasteiger partial charge < -0.3 is 29.2 Å². The summed E-state index contributed by atoms with van der Waals surface area (Å²) < 4.78 is 5.65. The molecule has 7 heteroatoms. The van der Waals surface area contributed by atoms with Crippen molar-refractivity contribution in [2.75, 3.05) is 92.7 Å². The summed E-state index contributed by atoms with van der Waals surface area (Å²) >= 11 is 0. The maximum atomic E-state index is 12.1. The zero-order chi connectivity index (χ0) is 31.4. The van der Waals surface area contributed by atoms with Gasteiger partial charge in [0.15, 0.2) is 6.61 Å². The summed E-state index contributed by atoms with van der Waals surface area (Å²) in [5.74, 6) is 1.83. The number of likely N-dealkylation sites (tertiary alicyclic amines) is 1. The van der Waals surface area contributed by atoms with Crippen molar-refractivity contribution in [3.63, 3.8) is 0 Å². The molecule has 0 aliphatic carbocycles. The summed E-state index contributed by atoms with van der Waals surface area (Å²) in [6, 6.07) is 6.66. The first kappa shape index (κ1) is 39.3. The number of nitrogens with zero attached hydrogens (tertiary/aromatic N) is 5. The number of hydrogen-bond donors (Lipinski definition) is 0. The molecule has 41 heavy (non-hydrogen) atoms. The summed E-state index contributed by atoms with van der Waals surface area (Å²) in [4.78, 5) is 23.8. The number of amides is 1. The van der Waals surface area contributed by atoms with Crippen LogP contribution in [0.15, 0.2) is 18.2 Å². The highest BCUT2D eigenvalue weighted by Crippen LogP contribution is 2.21. The molecular weight excluding hydrogens is 510 g/mol. The van der Waals surface area contributed by atoms with Gasteiger partial charge in [-0.3, -0.25) is 4.79 Å². The van der Waals surface area contributed by atoms with Gasteiger partial charge in [0.25, 0.3) is 5.91 Å². The molecule has 0 saturated carbocycles. The predicted molar refractivity (Wildman–Crippen MR) is 178 cm³/mol. The van der Waals surface area contributed by atoms with Crippen LogP contribution in [0, 0.1) is 19.8 Å². The molecule has 4 rings (SSSR count). The van der Waals surface area contributed by atoms with Gasteiger partial charge in [0.1, 0.15) is 5.75 Å². The average Bonchev–Trinajstić information content (AvgIpc) is 2.95. The van der Waals surface area contributed by atoms with Crippen LogP contribution in [0.3, 0.4) is 0 Å². The Morgan fingerprint density at radius 1 is 0.854 bits per heavy atom. The zero-order valence-corrected chi connectivity index (χ0v) is 29.1. The third-order valence-electron chi connectivity index (χ3n) is 7.59. The molecule has 3 aliphatic heterocycles. The van der Waals surface area contributed by atoms with E-state index in [4.69, 9.17) is 4.74 Å². The lowest BCUT2D eigenvalue weighted by Gasteiger charge is -2.45. The Labute approximate surface area is 255 Å². The lowest BCUT2D eigenvalue weighted by molar-refractivity contribution is -0.134. The number of ether oxygens (including phenoxy) is 1. The van der Waals surface area contributed by atoms with Crippen molar-refractivity contribution in [1.82, 2.24) is 24.5 Å². The molecule has 0 radical (unpaired) electrons. The molecule has 0 aromatic heterocycles. The molecule has 0 bridgehead atoms. The van der Waals surface area contributed by atoms with Crippen LogP contribution in [-0.4, -0.2) is 129 Å². The van der Waals surface area contributed by atoms with Crippen molar-refractivity contribution in [3.8, 4) is 5.75 Å². The quantitative estimate of drug-likeness (QED) is 0.445. The van der Waals surface area contributed by atoms with E-state index in [0.717, 1.165) is 49.5 Å². The molecule has 0 spiro atoms. The lowest BCUT2D eigenvalue weighted by atomic mass is 9.97. The van der Waals surface area contributed by atoms with E-state index in [-0.39, 0.29) is 12.5 Å². The van der Waals surface area contributed by atoms with Crippen molar-refractivity contribution in [2.45, 2.75) is 81.7 Å². The normalized spacial score (nSPS) is 18.3. The Balaban J connectivity index is 0.000000651. The molecule has 3 heterocycles. The number of aryl methyl sites for hydroxylation is 1. The largest absolute Gasteiger partial charge is 0.483 e.